The number of likely N-dealkylation sites (tertiary alicyclic amines) is 1. The Kier molecular flexibility index (Phi) is 5.97. The van der Waals surface area contributed by atoms with Gasteiger partial charge in [-0.25, -0.2) is 0 Å². The average Bonchev–Trinajstić information content (AvgIpc) is 2.77. The van der Waals surface area contributed by atoms with Crippen molar-refractivity contribution in [3.05, 3.63) is 23.8 Å². The van der Waals surface area contributed by atoms with Crippen molar-refractivity contribution in [2.24, 2.45) is 5.92 Å². The van der Waals surface area contributed by atoms with E-state index in [1.54, 1.807) is 23.1 Å². The maximum absolute atomic E-state index is 12.6. The van der Waals surface area contributed by atoms with Crippen LogP contribution in [0.15, 0.2) is 18.2 Å². The van der Waals surface area contributed by atoms with Crippen LogP contribution in [0.4, 0.5) is 0 Å². The number of piperidine rings is 1. The lowest BCUT2D eigenvalue weighted by Crippen LogP contribution is -2.43. The molecule has 0 aromatic heterocycles. The van der Waals surface area contributed by atoms with E-state index in [0.29, 0.717) is 49.4 Å². The van der Waals surface area contributed by atoms with Gasteiger partial charge in [0, 0.05) is 19.2 Å². The number of hydrogen-bond donors (Lipinski definition) is 0. The number of esters is 1. The molecule has 1 saturated carbocycles. The van der Waals surface area contributed by atoms with Crippen molar-refractivity contribution in [2.45, 2.75) is 57.0 Å². The van der Waals surface area contributed by atoms with Crippen molar-refractivity contribution in [1.82, 2.24) is 4.90 Å². The zero-order valence-corrected chi connectivity index (χ0v) is 17.5. The fraction of sp³-hybridized carbons (Fsp3) is 0.609. The second-order valence-corrected chi connectivity index (χ2v) is 8.57. The molecule has 0 N–H and O–H groups in total. The molecule has 0 bridgehead atoms. The van der Waals surface area contributed by atoms with Gasteiger partial charge in [-0.2, -0.15) is 0 Å². The molecule has 1 spiro atoms. The Hall–Kier alpha value is -2.57. The molecule has 2 aliphatic heterocycles. The number of carbonyl (C=O) groups excluding carboxylic acids is 3. The molecule has 1 amide bonds. The van der Waals surface area contributed by atoms with Crippen molar-refractivity contribution in [2.75, 3.05) is 26.8 Å². The quantitative estimate of drug-likeness (QED) is 0.703. The Morgan fingerprint density at radius 3 is 2.60 bits per heavy atom. The molecular weight excluding hydrogens is 386 g/mol. The van der Waals surface area contributed by atoms with E-state index < -0.39 is 0 Å². The fourth-order valence-electron chi connectivity index (χ4n) is 4.81. The second kappa shape index (κ2) is 8.66. The summed E-state index contributed by atoms with van der Waals surface area (Å²) in [5, 5.41) is 0. The number of nitrogens with zero attached hydrogens (tertiary/aromatic N) is 1. The largest absolute Gasteiger partial charge is 0.486 e. The molecule has 2 heterocycles. The molecule has 0 unspecified atom stereocenters. The monoisotopic (exact) mass is 415 g/mol. The maximum atomic E-state index is 12.6. The van der Waals surface area contributed by atoms with E-state index in [1.807, 2.05) is 0 Å². The minimum absolute atomic E-state index is 0.0826. The number of ether oxygens (including phenoxy) is 3. The summed E-state index contributed by atoms with van der Waals surface area (Å²) < 4.78 is 16.8. The lowest BCUT2D eigenvalue weighted by Gasteiger charge is -2.40. The Labute approximate surface area is 176 Å². The van der Waals surface area contributed by atoms with E-state index in [1.165, 1.54) is 13.5 Å². The van der Waals surface area contributed by atoms with Gasteiger partial charge in [-0.3, -0.25) is 14.4 Å². The number of rotatable bonds is 4. The summed E-state index contributed by atoms with van der Waals surface area (Å²) in [6.07, 6.45) is 6.83. The summed E-state index contributed by atoms with van der Waals surface area (Å²) in [5.74, 6) is 0.746. The van der Waals surface area contributed by atoms with Gasteiger partial charge in [0.2, 0.25) is 0 Å². The molecule has 2 fully saturated rings. The van der Waals surface area contributed by atoms with Crippen LogP contribution in [0.2, 0.25) is 0 Å². The lowest BCUT2D eigenvalue weighted by molar-refractivity contribution is -0.149. The molecule has 0 radical (unpaired) electrons. The number of carbonyl (C=O) groups is 3. The van der Waals surface area contributed by atoms with Gasteiger partial charge in [-0.1, -0.05) is 6.42 Å². The number of methoxy groups -OCH3 is 1. The van der Waals surface area contributed by atoms with Gasteiger partial charge in [0.1, 0.15) is 17.1 Å². The molecule has 1 aromatic carbocycles. The molecule has 162 valence electrons. The minimum Gasteiger partial charge on any atom is -0.486 e. The minimum atomic E-state index is -0.374. The SMILES string of the molecule is COC(=O)C1CCN(C(=O)COc2ccc3c(c2)OC2(CCCCC2)CC3=O)CC1. The molecule has 30 heavy (non-hydrogen) atoms. The van der Waals surface area contributed by atoms with Crippen LogP contribution in [0.1, 0.15) is 61.7 Å². The summed E-state index contributed by atoms with van der Waals surface area (Å²) in [6, 6.07) is 5.18. The molecular formula is C23H29NO6. The normalized spacial score (nSPS) is 21.0. The lowest BCUT2D eigenvalue weighted by atomic mass is 9.78. The van der Waals surface area contributed by atoms with Gasteiger partial charge >= 0.3 is 5.97 Å². The van der Waals surface area contributed by atoms with Crippen LogP contribution in [0.3, 0.4) is 0 Å². The van der Waals surface area contributed by atoms with Gasteiger partial charge < -0.3 is 19.1 Å². The first kappa shape index (κ1) is 20.7. The Morgan fingerprint density at radius 1 is 1.17 bits per heavy atom. The molecule has 0 atom stereocenters. The smallest absolute Gasteiger partial charge is 0.308 e. The summed E-state index contributed by atoms with van der Waals surface area (Å²) in [6.45, 7) is 0.958. The fourth-order valence-corrected chi connectivity index (χ4v) is 4.81. The molecule has 7 heteroatoms. The highest BCUT2D eigenvalue weighted by atomic mass is 16.5. The van der Waals surface area contributed by atoms with Crippen LogP contribution in [-0.2, 0) is 14.3 Å². The van der Waals surface area contributed by atoms with Crippen molar-refractivity contribution in [1.29, 1.82) is 0 Å². The van der Waals surface area contributed by atoms with E-state index >= 15 is 0 Å². The van der Waals surface area contributed by atoms with Crippen molar-refractivity contribution in [3.8, 4) is 11.5 Å². The van der Waals surface area contributed by atoms with Crippen LogP contribution in [0.25, 0.3) is 0 Å². The zero-order valence-electron chi connectivity index (χ0n) is 17.5. The van der Waals surface area contributed by atoms with Gasteiger partial charge in [0.05, 0.1) is 25.0 Å². The number of benzene rings is 1. The van der Waals surface area contributed by atoms with Crippen LogP contribution in [0.5, 0.6) is 11.5 Å². The van der Waals surface area contributed by atoms with Gasteiger partial charge in [0.15, 0.2) is 12.4 Å². The van der Waals surface area contributed by atoms with E-state index in [4.69, 9.17) is 14.2 Å². The van der Waals surface area contributed by atoms with Crippen LogP contribution >= 0.6 is 0 Å². The first-order valence-corrected chi connectivity index (χ1v) is 10.8. The number of amides is 1. The van der Waals surface area contributed by atoms with Crippen molar-refractivity contribution < 1.29 is 28.6 Å². The standard InChI is InChI=1S/C23H29NO6/c1-28-22(27)16-7-11-24(12-8-16)21(26)15-29-17-5-6-18-19(25)14-23(30-20(18)13-17)9-3-2-4-10-23/h5-6,13,16H,2-4,7-12,14-15H2,1H3. The molecule has 1 saturated heterocycles. The van der Waals surface area contributed by atoms with Gasteiger partial charge in [-0.15, -0.1) is 0 Å². The number of fused-ring (bicyclic) bond motifs is 1. The van der Waals surface area contributed by atoms with Gasteiger partial charge in [-0.05, 0) is 50.7 Å². The Morgan fingerprint density at radius 2 is 1.90 bits per heavy atom. The van der Waals surface area contributed by atoms with E-state index in [0.717, 1.165) is 25.7 Å². The zero-order chi connectivity index (χ0) is 21.1. The highest BCUT2D eigenvalue weighted by Crippen LogP contribution is 2.42. The predicted octanol–water partition coefficient (Wildman–Crippen LogP) is 3.15. The van der Waals surface area contributed by atoms with E-state index in [-0.39, 0.29) is 35.8 Å². The maximum Gasteiger partial charge on any atom is 0.308 e. The third kappa shape index (κ3) is 4.30. The molecule has 3 aliphatic rings. The van der Waals surface area contributed by atoms with Crippen molar-refractivity contribution >= 4 is 17.7 Å². The van der Waals surface area contributed by atoms with Gasteiger partial charge in [0.25, 0.3) is 5.91 Å². The molecule has 7 nitrogen and oxygen atoms in total. The first-order valence-electron chi connectivity index (χ1n) is 10.8. The number of ketones is 1. The highest BCUT2D eigenvalue weighted by molar-refractivity contribution is 6.00. The first-order chi connectivity index (χ1) is 14.5. The third-order valence-electron chi connectivity index (χ3n) is 6.57. The summed E-state index contributed by atoms with van der Waals surface area (Å²) in [4.78, 5) is 38.5. The second-order valence-electron chi connectivity index (χ2n) is 8.57. The Bertz CT molecular complexity index is 821. The van der Waals surface area contributed by atoms with Crippen molar-refractivity contribution in [3.63, 3.8) is 0 Å². The predicted molar refractivity (Wildman–Crippen MR) is 109 cm³/mol. The third-order valence-corrected chi connectivity index (χ3v) is 6.57. The topological polar surface area (TPSA) is 82.1 Å². The molecule has 1 aliphatic carbocycles. The summed E-state index contributed by atoms with van der Waals surface area (Å²) >= 11 is 0. The van der Waals surface area contributed by atoms with E-state index in [2.05, 4.69) is 0 Å². The number of hydrogen-bond acceptors (Lipinski definition) is 6. The number of Topliss-reactive ketones (excluding diaryl/α,β-unsaturated/α-hetero) is 1. The summed E-state index contributed by atoms with van der Waals surface area (Å²) in [5.41, 5.74) is 0.218. The van der Waals surface area contributed by atoms with Crippen LogP contribution in [0, 0.1) is 5.92 Å². The van der Waals surface area contributed by atoms with Crippen LogP contribution < -0.4 is 9.47 Å². The molecule has 1 aromatic rings. The summed E-state index contributed by atoms with van der Waals surface area (Å²) in [7, 11) is 1.39. The highest BCUT2D eigenvalue weighted by Gasteiger charge is 2.41. The van der Waals surface area contributed by atoms with E-state index in [9.17, 15) is 14.4 Å². The average molecular weight is 415 g/mol. The molecule has 4 rings (SSSR count). The van der Waals surface area contributed by atoms with Crippen LogP contribution in [-0.4, -0.2) is 55.0 Å². The Balaban J connectivity index is 1.35.